The summed E-state index contributed by atoms with van der Waals surface area (Å²) in [4.78, 5) is 28.5. The van der Waals surface area contributed by atoms with Crippen LogP contribution in [0.1, 0.15) is 24.5 Å². The molecule has 6 rings (SSSR count). The molecule has 0 aromatic heterocycles. The first-order chi connectivity index (χ1) is 17.5. The van der Waals surface area contributed by atoms with Crippen LogP contribution in [0.2, 0.25) is 0 Å². The molecule has 2 aliphatic heterocycles. The lowest BCUT2D eigenvalue weighted by atomic mass is 9.64. The number of hydrogen-bond donors (Lipinski definition) is 2. The van der Waals surface area contributed by atoms with Crippen molar-refractivity contribution in [2.75, 3.05) is 11.5 Å². The minimum absolute atomic E-state index is 0.0992. The molecule has 2 heterocycles. The molecular weight excluding hydrogens is 458 g/mol. The first kappa shape index (κ1) is 22.8. The fourth-order valence-corrected chi connectivity index (χ4v) is 6.15. The van der Waals surface area contributed by atoms with E-state index in [-0.39, 0.29) is 30.6 Å². The molecular formula is C29H27NO6. The Balaban J connectivity index is 1.36. The second-order valence-corrected chi connectivity index (χ2v) is 9.83. The molecule has 7 heteroatoms. The van der Waals surface area contributed by atoms with E-state index in [1.165, 1.54) is 4.90 Å². The van der Waals surface area contributed by atoms with Gasteiger partial charge in [0, 0.05) is 11.8 Å². The Kier molecular flexibility index (Phi) is 5.54. The van der Waals surface area contributed by atoms with Gasteiger partial charge < -0.3 is 19.7 Å². The molecule has 7 nitrogen and oxygen atoms in total. The number of imide groups is 1. The normalized spacial score (nSPS) is 31.2. The van der Waals surface area contributed by atoms with Crippen molar-refractivity contribution >= 4 is 17.5 Å². The van der Waals surface area contributed by atoms with E-state index in [4.69, 9.17) is 9.47 Å². The van der Waals surface area contributed by atoms with Crippen LogP contribution in [0.15, 0.2) is 84.9 Å². The molecule has 6 atom stereocenters. The molecule has 0 radical (unpaired) electrons. The number of phenolic OH excluding ortho intramolecular Hbond substituents is 1. The SMILES string of the molecule is O=C1[C@H]2[C@H](C[C@H](COc3ccccc3)[C@@]3(O)O[C@H](c4cccc(O)c4)C[C@@H]23)C(=O)N1c1ccccc1. The summed E-state index contributed by atoms with van der Waals surface area (Å²) in [5.41, 5.74) is 1.25. The maximum Gasteiger partial charge on any atom is 0.238 e. The summed E-state index contributed by atoms with van der Waals surface area (Å²) in [5.74, 6) is -3.85. The Morgan fingerprint density at radius 3 is 2.36 bits per heavy atom. The van der Waals surface area contributed by atoms with Crippen LogP contribution in [0.25, 0.3) is 0 Å². The average Bonchev–Trinajstić information content (AvgIpc) is 3.37. The smallest absolute Gasteiger partial charge is 0.238 e. The van der Waals surface area contributed by atoms with Gasteiger partial charge >= 0.3 is 0 Å². The van der Waals surface area contributed by atoms with Crippen molar-refractivity contribution in [2.24, 2.45) is 23.7 Å². The maximum absolute atomic E-state index is 13.7. The van der Waals surface area contributed by atoms with Gasteiger partial charge in [0.15, 0.2) is 5.79 Å². The molecule has 3 aromatic carbocycles. The van der Waals surface area contributed by atoms with Crippen molar-refractivity contribution < 1.29 is 29.3 Å². The largest absolute Gasteiger partial charge is 0.508 e. The monoisotopic (exact) mass is 485 g/mol. The lowest BCUT2D eigenvalue weighted by molar-refractivity contribution is -0.272. The Morgan fingerprint density at radius 1 is 0.917 bits per heavy atom. The number of benzene rings is 3. The summed E-state index contributed by atoms with van der Waals surface area (Å²) in [6.45, 7) is 0.139. The third-order valence-corrected chi connectivity index (χ3v) is 7.81. The Morgan fingerprint density at radius 2 is 1.64 bits per heavy atom. The topological polar surface area (TPSA) is 96.3 Å². The number of para-hydroxylation sites is 2. The molecule has 1 aliphatic carbocycles. The van der Waals surface area contributed by atoms with Gasteiger partial charge in [-0.15, -0.1) is 0 Å². The minimum Gasteiger partial charge on any atom is -0.508 e. The highest BCUT2D eigenvalue weighted by Crippen LogP contribution is 2.58. The number of amides is 2. The number of aromatic hydroxyl groups is 1. The Hall–Kier alpha value is -3.68. The number of aliphatic hydroxyl groups is 1. The van der Waals surface area contributed by atoms with E-state index in [1.807, 2.05) is 42.5 Å². The number of hydrogen-bond acceptors (Lipinski definition) is 6. The number of anilines is 1. The van der Waals surface area contributed by atoms with Gasteiger partial charge in [0.25, 0.3) is 0 Å². The summed E-state index contributed by atoms with van der Waals surface area (Å²) >= 11 is 0. The predicted octanol–water partition coefficient (Wildman–Crippen LogP) is 4.06. The number of phenols is 1. The van der Waals surface area contributed by atoms with Gasteiger partial charge in [-0.05, 0) is 54.8 Å². The summed E-state index contributed by atoms with van der Waals surface area (Å²) < 4.78 is 12.3. The van der Waals surface area contributed by atoms with Crippen molar-refractivity contribution in [1.29, 1.82) is 0 Å². The molecule has 2 N–H and O–H groups in total. The van der Waals surface area contributed by atoms with Crippen LogP contribution in [-0.4, -0.2) is 34.4 Å². The number of rotatable bonds is 5. The molecule has 3 aromatic rings. The van der Waals surface area contributed by atoms with Crippen molar-refractivity contribution in [3.05, 3.63) is 90.5 Å². The van der Waals surface area contributed by atoms with Crippen LogP contribution >= 0.6 is 0 Å². The molecule has 2 saturated heterocycles. The lowest BCUT2D eigenvalue weighted by Crippen LogP contribution is -2.55. The van der Waals surface area contributed by atoms with E-state index >= 15 is 0 Å². The quantitative estimate of drug-likeness (QED) is 0.529. The molecule has 184 valence electrons. The van der Waals surface area contributed by atoms with E-state index in [2.05, 4.69) is 0 Å². The van der Waals surface area contributed by atoms with Gasteiger partial charge in [0.05, 0.1) is 30.2 Å². The standard InChI is InChI=1S/C29H27NO6/c31-21-11-7-8-18(14-21)25-16-24-26-23(27(32)30(28(26)33)20-9-3-1-4-10-20)15-19(29(24,34)36-25)17-35-22-12-5-2-6-13-22/h1-14,19,23-26,31,34H,15-17H2/t19-,23+,24+,25+,26+,29-/m1/s1. The van der Waals surface area contributed by atoms with E-state index in [0.717, 1.165) is 0 Å². The zero-order valence-electron chi connectivity index (χ0n) is 19.6. The van der Waals surface area contributed by atoms with Gasteiger partial charge in [-0.1, -0.05) is 48.5 Å². The first-order valence-electron chi connectivity index (χ1n) is 12.3. The molecule has 3 aliphatic rings. The van der Waals surface area contributed by atoms with Crippen LogP contribution in [0.5, 0.6) is 11.5 Å². The highest BCUT2D eigenvalue weighted by atomic mass is 16.6. The second-order valence-electron chi connectivity index (χ2n) is 9.83. The first-order valence-corrected chi connectivity index (χ1v) is 12.3. The van der Waals surface area contributed by atoms with Crippen LogP contribution in [0, 0.1) is 23.7 Å². The van der Waals surface area contributed by atoms with Crippen molar-refractivity contribution in [3.8, 4) is 11.5 Å². The fourth-order valence-electron chi connectivity index (χ4n) is 6.15. The highest BCUT2D eigenvalue weighted by Gasteiger charge is 2.67. The molecule has 0 unspecified atom stereocenters. The predicted molar refractivity (Wildman–Crippen MR) is 131 cm³/mol. The number of ether oxygens (including phenoxy) is 2. The van der Waals surface area contributed by atoms with Gasteiger partial charge in [0.2, 0.25) is 11.8 Å². The summed E-state index contributed by atoms with van der Waals surface area (Å²) in [5, 5.41) is 22.0. The lowest BCUT2D eigenvalue weighted by Gasteiger charge is -2.44. The van der Waals surface area contributed by atoms with Crippen LogP contribution in [0.4, 0.5) is 5.69 Å². The van der Waals surface area contributed by atoms with Crippen LogP contribution in [0.3, 0.4) is 0 Å². The summed E-state index contributed by atoms with van der Waals surface area (Å²) in [7, 11) is 0. The van der Waals surface area contributed by atoms with Gasteiger partial charge in [-0.25, -0.2) is 0 Å². The van der Waals surface area contributed by atoms with Crippen molar-refractivity contribution in [1.82, 2.24) is 0 Å². The van der Waals surface area contributed by atoms with Crippen molar-refractivity contribution in [3.63, 3.8) is 0 Å². The molecule has 0 bridgehead atoms. The number of nitrogens with zero attached hydrogens (tertiary/aromatic N) is 1. The molecule has 2 amide bonds. The number of carbonyl (C=O) groups is 2. The van der Waals surface area contributed by atoms with E-state index in [1.54, 1.807) is 42.5 Å². The highest BCUT2D eigenvalue weighted by molar-refractivity contribution is 6.22. The average molecular weight is 486 g/mol. The Bertz CT molecular complexity index is 1280. The molecule has 1 saturated carbocycles. The minimum atomic E-state index is -1.66. The number of fused-ring (bicyclic) bond motifs is 3. The van der Waals surface area contributed by atoms with E-state index < -0.39 is 35.6 Å². The third-order valence-electron chi connectivity index (χ3n) is 7.81. The van der Waals surface area contributed by atoms with Gasteiger partial charge in [0.1, 0.15) is 11.5 Å². The molecule has 36 heavy (non-hydrogen) atoms. The van der Waals surface area contributed by atoms with Crippen LogP contribution < -0.4 is 9.64 Å². The van der Waals surface area contributed by atoms with Crippen molar-refractivity contribution in [2.45, 2.75) is 24.7 Å². The second kappa shape index (κ2) is 8.76. The fraction of sp³-hybridized carbons (Fsp3) is 0.310. The van der Waals surface area contributed by atoms with Gasteiger partial charge in [-0.3, -0.25) is 14.5 Å². The summed E-state index contributed by atoms with van der Waals surface area (Å²) in [6.07, 6.45) is 0.0919. The summed E-state index contributed by atoms with van der Waals surface area (Å²) in [6, 6.07) is 24.9. The molecule has 3 fully saturated rings. The molecule has 0 spiro atoms. The van der Waals surface area contributed by atoms with E-state index in [9.17, 15) is 19.8 Å². The zero-order chi connectivity index (χ0) is 24.9. The Labute approximate surface area is 208 Å². The van der Waals surface area contributed by atoms with Gasteiger partial charge in [-0.2, -0.15) is 0 Å². The van der Waals surface area contributed by atoms with Crippen LogP contribution in [-0.2, 0) is 14.3 Å². The maximum atomic E-state index is 13.7. The van der Waals surface area contributed by atoms with E-state index in [0.29, 0.717) is 23.4 Å². The zero-order valence-corrected chi connectivity index (χ0v) is 19.6. The number of carbonyl (C=O) groups excluding carboxylic acids is 2. The third kappa shape index (κ3) is 3.67.